The lowest BCUT2D eigenvalue weighted by Gasteiger charge is -2.26. The summed E-state index contributed by atoms with van der Waals surface area (Å²) in [7, 11) is 0. The minimum atomic E-state index is 0.290. The van der Waals surface area contributed by atoms with E-state index in [1.807, 2.05) is 0 Å². The van der Waals surface area contributed by atoms with Crippen molar-refractivity contribution in [1.29, 1.82) is 0 Å². The van der Waals surface area contributed by atoms with Crippen molar-refractivity contribution in [2.24, 2.45) is 0 Å². The van der Waals surface area contributed by atoms with E-state index in [0.717, 1.165) is 19.4 Å². The van der Waals surface area contributed by atoms with Crippen LogP contribution in [0.1, 0.15) is 48.4 Å². The van der Waals surface area contributed by atoms with Crippen molar-refractivity contribution in [2.45, 2.75) is 52.5 Å². The van der Waals surface area contributed by atoms with E-state index in [4.69, 9.17) is 0 Å². The molecule has 126 valence electrons. The van der Waals surface area contributed by atoms with Crippen LogP contribution in [0.25, 0.3) is 0 Å². The molecule has 2 heteroatoms. The van der Waals surface area contributed by atoms with Crippen LogP contribution in [-0.2, 0) is 11.2 Å². The van der Waals surface area contributed by atoms with Crippen LogP contribution >= 0.6 is 0 Å². The third-order valence-corrected chi connectivity index (χ3v) is 5.06. The lowest BCUT2D eigenvalue weighted by atomic mass is 9.98. The Labute approximate surface area is 145 Å². The molecule has 3 rings (SSSR count). The predicted octanol–water partition coefficient (Wildman–Crippen LogP) is 4.84. The van der Waals surface area contributed by atoms with Gasteiger partial charge in [0.15, 0.2) is 0 Å². The van der Waals surface area contributed by atoms with Crippen LogP contribution in [0.4, 0.5) is 5.69 Å². The van der Waals surface area contributed by atoms with Gasteiger partial charge in [-0.1, -0.05) is 35.9 Å². The number of rotatable bonds is 5. The fourth-order valence-electron chi connectivity index (χ4n) is 3.79. The van der Waals surface area contributed by atoms with E-state index >= 15 is 0 Å². The molecule has 24 heavy (non-hydrogen) atoms. The van der Waals surface area contributed by atoms with Crippen LogP contribution in [-0.4, -0.2) is 18.4 Å². The highest BCUT2D eigenvalue weighted by atomic mass is 16.1. The smallest absolute Gasteiger partial charge is 0.131 e. The van der Waals surface area contributed by atoms with Crippen molar-refractivity contribution in [3.8, 4) is 0 Å². The van der Waals surface area contributed by atoms with Gasteiger partial charge in [0, 0.05) is 24.7 Å². The van der Waals surface area contributed by atoms with Crippen molar-refractivity contribution in [2.75, 3.05) is 11.4 Å². The van der Waals surface area contributed by atoms with Gasteiger partial charge in [-0.15, -0.1) is 0 Å². The molecule has 1 heterocycles. The monoisotopic (exact) mass is 321 g/mol. The van der Waals surface area contributed by atoms with Crippen molar-refractivity contribution >= 4 is 11.5 Å². The van der Waals surface area contributed by atoms with Crippen LogP contribution in [0, 0.1) is 13.8 Å². The zero-order valence-corrected chi connectivity index (χ0v) is 15.0. The third-order valence-electron chi connectivity index (χ3n) is 5.06. The molecule has 1 aliphatic rings. The first kappa shape index (κ1) is 16.8. The van der Waals surface area contributed by atoms with Crippen molar-refractivity contribution in [3.05, 3.63) is 64.7 Å². The molecule has 0 amide bonds. The number of hydrogen-bond donors (Lipinski definition) is 0. The second kappa shape index (κ2) is 7.21. The second-order valence-corrected chi connectivity index (χ2v) is 7.17. The van der Waals surface area contributed by atoms with Crippen molar-refractivity contribution in [1.82, 2.24) is 0 Å². The molecule has 1 saturated heterocycles. The normalized spacial score (nSPS) is 17.3. The highest BCUT2D eigenvalue weighted by Gasteiger charge is 2.25. The van der Waals surface area contributed by atoms with E-state index in [9.17, 15) is 4.79 Å². The van der Waals surface area contributed by atoms with Gasteiger partial charge in [-0.05, 0) is 68.9 Å². The van der Waals surface area contributed by atoms with Crippen LogP contribution in [0.5, 0.6) is 0 Å². The number of carbonyl (C=O) groups is 1. The topological polar surface area (TPSA) is 20.3 Å². The first-order chi connectivity index (χ1) is 11.5. The summed E-state index contributed by atoms with van der Waals surface area (Å²) >= 11 is 0. The lowest BCUT2D eigenvalue weighted by molar-refractivity contribution is -0.117. The van der Waals surface area contributed by atoms with E-state index in [1.54, 1.807) is 6.92 Å². The first-order valence-corrected chi connectivity index (χ1v) is 8.94. The van der Waals surface area contributed by atoms with Crippen LogP contribution in [0.2, 0.25) is 0 Å². The van der Waals surface area contributed by atoms with E-state index in [0.29, 0.717) is 18.2 Å². The molecule has 0 radical (unpaired) electrons. The average Bonchev–Trinajstić information content (AvgIpc) is 2.98. The Hall–Kier alpha value is -2.09. The summed E-state index contributed by atoms with van der Waals surface area (Å²) in [5, 5.41) is 0. The quantitative estimate of drug-likeness (QED) is 0.785. The number of hydrogen-bond acceptors (Lipinski definition) is 2. The Bertz CT molecular complexity index is 717. The Kier molecular flexibility index (Phi) is 5.03. The summed E-state index contributed by atoms with van der Waals surface area (Å²) in [6.07, 6.45) is 3.96. The number of Topliss-reactive ketones (excluding diaryl/α,β-unsaturated/α-hetero) is 1. The fraction of sp³-hybridized carbons (Fsp3) is 0.409. The second-order valence-electron chi connectivity index (χ2n) is 7.17. The van der Waals surface area contributed by atoms with Crippen LogP contribution < -0.4 is 4.90 Å². The summed E-state index contributed by atoms with van der Waals surface area (Å²) in [5.74, 6) is 0.290. The maximum Gasteiger partial charge on any atom is 0.131 e. The van der Waals surface area contributed by atoms with E-state index < -0.39 is 0 Å². The van der Waals surface area contributed by atoms with E-state index in [1.165, 1.54) is 34.4 Å². The van der Waals surface area contributed by atoms with E-state index in [2.05, 4.69) is 61.2 Å². The molecule has 1 unspecified atom stereocenters. The van der Waals surface area contributed by atoms with Crippen molar-refractivity contribution in [3.63, 3.8) is 0 Å². The maximum atomic E-state index is 11.5. The Morgan fingerprint density at radius 2 is 1.88 bits per heavy atom. The molecule has 0 bridgehead atoms. The number of aryl methyl sites for hydroxylation is 2. The van der Waals surface area contributed by atoms with Gasteiger partial charge in [0.2, 0.25) is 0 Å². The highest BCUT2D eigenvalue weighted by molar-refractivity contribution is 5.77. The summed E-state index contributed by atoms with van der Waals surface area (Å²) in [6, 6.07) is 16.0. The number of benzene rings is 2. The summed E-state index contributed by atoms with van der Waals surface area (Å²) in [5.41, 5.74) is 6.66. The molecule has 1 aliphatic heterocycles. The molecule has 0 aliphatic carbocycles. The first-order valence-electron chi connectivity index (χ1n) is 8.94. The Balaban J connectivity index is 1.72. The van der Waals surface area contributed by atoms with Crippen LogP contribution in [0.3, 0.4) is 0 Å². The molecule has 2 nitrogen and oxygen atoms in total. The maximum absolute atomic E-state index is 11.5. The Morgan fingerprint density at radius 1 is 1.12 bits per heavy atom. The molecule has 1 atom stereocenters. The molecule has 0 N–H and O–H groups in total. The summed E-state index contributed by atoms with van der Waals surface area (Å²) in [4.78, 5) is 13.9. The molecule has 0 saturated carbocycles. The zero-order valence-electron chi connectivity index (χ0n) is 15.0. The molecule has 0 spiro atoms. The summed E-state index contributed by atoms with van der Waals surface area (Å²) in [6.45, 7) is 7.09. The lowest BCUT2D eigenvalue weighted by Crippen LogP contribution is -2.30. The minimum absolute atomic E-state index is 0.290. The van der Waals surface area contributed by atoms with Crippen LogP contribution in [0.15, 0.2) is 42.5 Å². The SMILES string of the molecule is CC(=O)CC1CCCN1c1ccc(Cc2ccc(C)cc2C)cc1. The van der Waals surface area contributed by atoms with Gasteiger partial charge < -0.3 is 4.90 Å². The van der Waals surface area contributed by atoms with Gasteiger partial charge in [0.05, 0.1) is 0 Å². The number of carbonyl (C=O) groups excluding carboxylic acids is 1. The molecule has 2 aromatic carbocycles. The standard InChI is InChI=1S/C22H27NO/c1-16-6-9-20(17(2)13-16)15-19-7-10-21(11-8-19)23-12-4-5-22(23)14-18(3)24/h6-11,13,22H,4-5,12,14-15H2,1-3H3. The largest absolute Gasteiger partial charge is 0.368 e. The average molecular weight is 321 g/mol. The molecular formula is C22H27NO. The number of ketones is 1. The van der Waals surface area contributed by atoms with Crippen molar-refractivity contribution < 1.29 is 4.79 Å². The zero-order chi connectivity index (χ0) is 17.1. The van der Waals surface area contributed by atoms with Gasteiger partial charge in [0.1, 0.15) is 5.78 Å². The Morgan fingerprint density at radius 3 is 2.54 bits per heavy atom. The number of nitrogens with zero attached hydrogens (tertiary/aromatic N) is 1. The third kappa shape index (κ3) is 3.87. The molecule has 1 fully saturated rings. The summed E-state index contributed by atoms with van der Waals surface area (Å²) < 4.78 is 0. The molecule has 0 aromatic heterocycles. The predicted molar refractivity (Wildman–Crippen MR) is 101 cm³/mol. The van der Waals surface area contributed by atoms with Gasteiger partial charge in [-0.2, -0.15) is 0 Å². The minimum Gasteiger partial charge on any atom is -0.368 e. The number of anilines is 1. The van der Waals surface area contributed by atoms with Gasteiger partial charge >= 0.3 is 0 Å². The van der Waals surface area contributed by atoms with Gasteiger partial charge in [0.25, 0.3) is 0 Å². The highest BCUT2D eigenvalue weighted by Crippen LogP contribution is 2.28. The van der Waals surface area contributed by atoms with Gasteiger partial charge in [-0.3, -0.25) is 4.79 Å². The van der Waals surface area contributed by atoms with Gasteiger partial charge in [-0.25, -0.2) is 0 Å². The molecule has 2 aromatic rings. The fourth-order valence-corrected chi connectivity index (χ4v) is 3.79. The molecular weight excluding hydrogens is 294 g/mol. The van der Waals surface area contributed by atoms with E-state index in [-0.39, 0.29) is 0 Å².